The summed E-state index contributed by atoms with van der Waals surface area (Å²) < 4.78 is 0. The van der Waals surface area contributed by atoms with E-state index in [1.165, 1.54) is 11.3 Å². The number of carbonyl (C=O) groups is 1. The summed E-state index contributed by atoms with van der Waals surface area (Å²) in [4.78, 5) is 21.0. The maximum atomic E-state index is 12.3. The van der Waals surface area contributed by atoms with Crippen LogP contribution in [0.3, 0.4) is 0 Å². The van der Waals surface area contributed by atoms with Gasteiger partial charge in [-0.1, -0.05) is 19.3 Å². The van der Waals surface area contributed by atoms with Gasteiger partial charge in [-0.2, -0.15) is 0 Å². The van der Waals surface area contributed by atoms with Gasteiger partial charge in [-0.15, -0.1) is 11.3 Å². The van der Waals surface area contributed by atoms with Crippen molar-refractivity contribution in [1.82, 2.24) is 15.3 Å². The summed E-state index contributed by atoms with van der Waals surface area (Å²) in [6, 6.07) is 3.68. The number of rotatable bonds is 5. The number of carbonyl (C=O) groups excluding carboxylic acids is 1. The summed E-state index contributed by atoms with van der Waals surface area (Å²) in [7, 11) is 0. The second-order valence-electron chi connectivity index (χ2n) is 6.56. The molecular weight excluding hydrogens is 322 g/mol. The number of thiazole rings is 1. The van der Waals surface area contributed by atoms with Crippen molar-refractivity contribution in [3.05, 3.63) is 34.9 Å². The molecule has 2 heterocycles. The monoisotopic (exact) mass is 345 g/mol. The molecule has 6 heteroatoms. The molecule has 1 amide bonds. The van der Waals surface area contributed by atoms with Crippen LogP contribution in [0.15, 0.2) is 29.9 Å². The number of nitrogens with one attached hydrogen (secondary N) is 1. The van der Waals surface area contributed by atoms with Gasteiger partial charge in [-0.3, -0.25) is 9.78 Å². The van der Waals surface area contributed by atoms with Crippen LogP contribution in [0, 0.1) is 0 Å². The van der Waals surface area contributed by atoms with Gasteiger partial charge in [0.2, 0.25) is 5.91 Å². The molecule has 1 aliphatic rings. The number of aromatic nitrogens is 2. The van der Waals surface area contributed by atoms with Crippen LogP contribution in [-0.4, -0.2) is 26.6 Å². The molecule has 0 saturated heterocycles. The van der Waals surface area contributed by atoms with Crippen molar-refractivity contribution in [1.29, 1.82) is 0 Å². The molecule has 3 rings (SSSR count). The maximum Gasteiger partial charge on any atom is 0.223 e. The first kappa shape index (κ1) is 17.0. The Bertz CT molecular complexity index is 681. The van der Waals surface area contributed by atoms with Gasteiger partial charge in [0, 0.05) is 23.3 Å². The molecule has 0 radical (unpaired) electrons. The SMILES string of the molecule is CC(NC(=O)CC1(O)CCCCC1)c1nc(-c2cccnc2)cs1. The minimum atomic E-state index is -0.828. The number of hydrogen-bond acceptors (Lipinski definition) is 5. The average Bonchev–Trinajstić information content (AvgIpc) is 3.06. The van der Waals surface area contributed by atoms with E-state index in [2.05, 4.69) is 15.3 Å². The highest BCUT2D eigenvalue weighted by atomic mass is 32.1. The minimum absolute atomic E-state index is 0.106. The predicted molar refractivity (Wildman–Crippen MR) is 94.6 cm³/mol. The first-order valence-corrected chi connectivity index (χ1v) is 9.31. The number of amides is 1. The average molecular weight is 345 g/mol. The lowest BCUT2D eigenvalue weighted by Crippen LogP contribution is -2.39. The zero-order valence-corrected chi connectivity index (χ0v) is 14.7. The number of nitrogens with zero attached hydrogens (tertiary/aromatic N) is 2. The molecule has 0 spiro atoms. The van der Waals surface area contributed by atoms with Crippen LogP contribution in [0.25, 0.3) is 11.3 Å². The van der Waals surface area contributed by atoms with Gasteiger partial charge in [0.05, 0.1) is 23.8 Å². The minimum Gasteiger partial charge on any atom is -0.389 e. The summed E-state index contributed by atoms with van der Waals surface area (Å²) in [5.74, 6) is -0.106. The fraction of sp³-hybridized carbons (Fsp3) is 0.500. The highest BCUT2D eigenvalue weighted by Gasteiger charge is 2.32. The third-order valence-electron chi connectivity index (χ3n) is 4.50. The summed E-state index contributed by atoms with van der Waals surface area (Å²) in [6.45, 7) is 1.93. The molecule has 0 bridgehead atoms. The van der Waals surface area contributed by atoms with E-state index in [9.17, 15) is 9.90 Å². The van der Waals surface area contributed by atoms with Crippen LogP contribution < -0.4 is 5.32 Å². The van der Waals surface area contributed by atoms with Crippen molar-refractivity contribution in [2.24, 2.45) is 0 Å². The molecule has 1 unspecified atom stereocenters. The zero-order valence-electron chi connectivity index (χ0n) is 13.9. The van der Waals surface area contributed by atoms with Crippen LogP contribution in [0.5, 0.6) is 0 Å². The number of pyridine rings is 1. The molecular formula is C18H23N3O2S. The zero-order chi connectivity index (χ0) is 17.0. The van der Waals surface area contributed by atoms with Crippen molar-refractivity contribution >= 4 is 17.2 Å². The van der Waals surface area contributed by atoms with Crippen LogP contribution in [0.1, 0.15) is 56.5 Å². The Kier molecular flexibility index (Phi) is 5.26. The lowest BCUT2D eigenvalue weighted by atomic mass is 9.82. The van der Waals surface area contributed by atoms with Gasteiger partial charge in [-0.05, 0) is 31.9 Å². The first-order valence-electron chi connectivity index (χ1n) is 8.43. The molecule has 2 aromatic heterocycles. The molecule has 2 aromatic rings. The van der Waals surface area contributed by atoms with Crippen molar-refractivity contribution in [3.63, 3.8) is 0 Å². The van der Waals surface area contributed by atoms with E-state index in [-0.39, 0.29) is 18.4 Å². The normalized spacial score (nSPS) is 18.1. The van der Waals surface area contributed by atoms with Gasteiger partial charge >= 0.3 is 0 Å². The van der Waals surface area contributed by atoms with Crippen LogP contribution in [0.4, 0.5) is 0 Å². The van der Waals surface area contributed by atoms with E-state index in [0.29, 0.717) is 0 Å². The Labute approximate surface area is 146 Å². The van der Waals surface area contributed by atoms with Crippen molar-refractivity contribution in [3.8, 4) is 11.3 Å². The van der Waals surface area contributed by atoms with Crippen molar-refractivity contribution in [2.45, 2.75) is 57.1 Å². The molecule has 128 valence electrons. The third-order valence-corrected chi connectivity index (χ3v) is 5.53. The lowest BCUT2D eigenvalue weighted by Gasteiger charge is -2.31. The smallest absolute Gasteiger partial charge is 0.223 e. The van der Waals surface area contributed by atoms with Gasteiger partial charge < -0.3 is 10.4 Å². The van der Waals surface area contributed by atoms with Gasteiger partial charge in [-0.25, -0.2) is 4.98 Å². The van der Waals surface area contributed by atoms with Crippen molar-refractivity contribution < 1.29 is 9.90 Å². The van der Waals surface area contributed by atoms with E-state index in [1.54, 1.807) is 12.4 Å². The summed E-state index contributed by atoms with van der Waals surface area (Å²) >= 11 is 1.52. The molecule has 2 N–H and O–H groups in total. The van der Waals surface area contributed by atoms with Crippen LogP contribution >= 0.6 is 11.3 Å². The Morgan fingerprint density at radius 2 is 2.21 bits per heavy atom. The molecule has 5 nitrogen and oxygen atoms in total. The van der Waals surface area contributed by atoms with E-state index in [1.807, 2.05) is 24.4 Å². The summed E-state index contributed by atoms with van der Waals surface area (Å²) in [5, 5.41) is 16.3. The number of hydrogen-bond donors (Lipinski definition) is 2. The summed E-state index contributed by atoms with van der Waals surface area (Å²) in [5.41, 5.74) is 1.01. The Morgan fingerprint density at radius 3 is 2.92 bits per heavy atom. The van der Waals surface area contributed by atoms with Gasteiger partial charge in [0.1, 0.15) is 5.01 Å². The first-order chi connectivity index (χ1) is 11.6. The standard InChI is InChI=1S/C18H23N3O2S/c1-13(20-16(22)10-18(23)7-3-2-4-8-18)17-21-15(12-24-17)14-6-5-9-19-11-14/h5-6,9,11-13,23H,2-4,7-8,10H2,1H3,(H,20,22). The number of aliphatic hydroxyl groups is 1. The fourth-order valence-corrected chi connectivity index (χ4v) is 4.01. The van der Waals surface area contributed by atoms with Crippen LogP contribution in [0.2, 0.25) is 0 Å². The Morgan fingerprint density at radius 1 is 1.42 bits per heavy atom. The quantitative estimate of drug-likeness (QED) is 0.870. The van der Waals surface area contributed by atoms with Gasteiger partial charge in [0.15, 0.2) is 0 Å². The van der Waals surface area contributed by atoms with E-state index in [0.717, 1.165) is 48.4 Å². The molecule has 0 aliphatic heterocycles. The third kappa shape index (κ3) is 4.19. The largest absolute Gasteiger partial charge is 0.389 e. The molecule has 24 heavy (non-hydrogen) atoms. The van der Waals surface area contributed by atoms with E-state index in [4.69, 9.17) is 0 Å². The second-order valence-corrected chi connectivity index (χ2v) is 7.45. The van der Waals surface area contributed by atoms with Crippen LogP contribution in [-0.2, 0) is 4.79 Å². The van der Waals surface area contributed by atoms with E-state index >= 15 is 0 Å². The topological polar surface area (TPSA) is 75.1 Å². The highest BCUT2D eigenvalue weighted by Crippen LogP contribution is 2.31. The Hall–Kier alpha value is -1.79. The lowest BCUT2D eigenvalue weighted by molar-refractivity contribution is -0.128. The summed E-state index contributed by atoms with van der Waals surface area (Å²) in [6.07, 6.45) is 8.28. The molecule has 1 saturated carbocycles. The van der Waals surface area contributed by atoms with Gasteiger partial charge in [0.25, 0.3) is 0 Å². The predicted octanol–water partition coefficient (Wildman–Crippen LogP) is 3.47. The molecule has 1 fully saturated rings. The second kappa shape index (κ2) is 7.40. The van der Waals surface area contributed by atoms with E-state index < -0.39 is 5.60 Å². The maximum absolute atomic E-state index is 12.3. The molecule has 0 aromatic carbocycles. The Balaban J connectivity index is 1.59. The van der Waals surface area contributed by atoms with Crippen molar-refractivity contribution in [2.75, 3.05) is 0 Å². The highest BCUT2D eigenvalue weighted by molar-refractivity contribution is 7.10. The fourth-order valence-electron chi connectivity index (χ4n) is 3.17. The molecule has 1 atom stereocenters. The molecule has 1 aliphatic carbocycles.